The first-order valence-electron chi connectivity index (χ1n) is 14.0. The van der Waals surface area contributed by atoms with Crippen molar-refractivity contribution >= 4 is 5.97 Å². The maximum Gasteiger partial charge on any atom is 0.338 e. The van der Waals surface area contributed by atoms with Gasteiger partial charge in [0.15, 0.2) is 0 Å². The summed E-state index contributed by atoms with van der Waals surface area (Å²) in [6.07, 6.45) is 13.3. The molecule has 0 saturated carbocycles. The number of carbonyl (C=O) groups excluding carboxylic acids is 1. The van der Waals surface area contributed by atoms with Crippen molar-refractivity contribution in [2.24, 2.45) is 0 Å². The lowest BCUT2D eigenvalue weighted by Gasteiger charge is -2.39. The third-order valence-electron chi connectivity index (χ3n) is 6.86. The molecule has 1 aliphatic heterocycles. The van der Waals surface area contributed by atoms with Crippen LogP contribution in [0, 0.1) is 0 Å². The molecule has 1 fully saturated rings. The zero-order valence-corrected chi connectivity index (χ0v) is 22.5. The zero-order chi connectivity index (χ0) is 25.8. The molecular formula is C29H49NO6. The maximum atomic E-state index is 11.9. The first kappa shape index (κ1) is 30.7. The summed E-state index contributed by atoms with van der Waals surface area (Å²) in [5.74, 6) is -0.224. The Hall–Kier alpha value is -1.51. The average molecular weight is 508 g/mol. The molecule has 0 aromatic heterocycles. The standard InChI is InChI=1S/C29H49NO6/c1-24-28(36-23-34-21-20-33-2)27(31)22-26(30-24)18-14-9-7-5-3-4-6-8-10-15-19-35-29(32)25-16-12-11-13-17-25/h11-13,16-17,24,26-28,30-31H,3-10,14-15,18-23H2,1-2H3/t24-,26-,27+,28+/m1/s1. The molecule has 0 amide bonds. The minimum Gasteiger partial charge on any atom is -0.462 e. The molecule has 4 atom stereocenters. The largest absolute Gasteiger partial charge is 0.462 e. The van der Waals surface area contributed by atoms with Crippen molar-refractivity contribution in [2.75, 3.05) is 33.7 Å². The fourth-order valence-electron chi connectivity index (χ4n) is 4.81. The number of carbonyl (C=O) groups is 1. The summed E-state index contributed by atoms with van der Waals surface area (Å²) in [6.45, 7) is 3.81. The molecule has 2 rings (SSSR count). The van der Waals surface area contributed by atoms with Crippen molar-refractivity contribution in [3.63, 3.8) is 0 Å². The fourth-order valence-corrected chi connectivity index (χ4v) is 4.81. The second-order valence-corrected chi connectivity index (χ2v) is 9.93. The van der Waals surface area contributed by atoms with Crippen molar-refractivity contribution < 1.29 is 28.8 Å². The van der Waals surface area contributed by atoms with Gasteiger partial charge in [-0.25, -0.2) is 4.79 Å². The molecule has 1 aromatic rings. The van der Waals surface area contributed by atoms with E-state index in [1.54, 1.807) is 19.2 Å². The van der Waals surface area contributed by atoms with Crippen LogP contribution in [0.2, 0.25) is 0 Å². The SMILES string of the molecule is COCCOCO[C@@H]1[C@@H](O)C[C@@H](CCCCCCCCCCCCOC(=O)c2ccccc2)N[C@@H]1C. The van der Waals surface area contributed by atoms with E-state index in [-0.39, 0.29) is 24.9 Å². The molecule has 1 heterocycles. The van der Waals surface area contributed by atoms with Crippen LogP contribution in [0.5, 0.6) is 0 Å². The molecule has 0 unspecified atom stereocenters. The number of unbranched alkanes of at least 4 members (excludes halogenated alkanes) is 9. The van der Waals surface area contributed by atoms with E-state index < -0.39 is 6.10 Å². The smallest absolute Gasteiger partial charge is 0.338 e. The minimum atomic E-state index is -0.451. The number of piperidine rings is 1. The number of ether oxygens (including phenoxy) is 4. The summed E-state index contributed by atoms with van der Waals surface area (Å²) >= 11 is 0. The first-order chi connectivity index (χ1) is 17.6. The normalized spacial score (nSPS) is 22.0. The Morgan fingerprint density at radius 2 is 1.56 bits per heavy atom. The summed E-state index contributed by atoms with van der Waals surface area (Å²) in [5, 5.41) is 14.1. The molecule has 7 nitrogen and oxygen atoms in total. The van der Waals surface area contributed by atoms with Gasteiger partial charge in [-0.05, 0) is 38.3 Å². The number of hydrogen-bond donors (Lipinski definition) is 2. The average Bonchev–Trinajstić information content (AvgIpc) is 2.88. The molecular weight excluding hydrogens is 458 g/mol. The van der Waals surface area contributed by atoms with Crippen molar-refractivity contribution in [1.29, 1.82) is 0 Å². The first-order valence-corrected chi connectivity index (χ1v) is 14.0. The van der Waals surface area contributed by atoms with Crippen LogP contribution in [0.15, 0.2) is 30.3 Å². The summed E-state index contributed by atoms with van der Waals surface area (Å²) in [7, 11) is 1.64. The molecule has 2 N–H and O–H groups in total. The fraction of sp³-hybridized carbons (Fsp3) is 0.759. The molecule has 1 aliphatic rings. The molecule has 36 heavy (non-hydrogen) atoms. The monoisotopic (exact) mass is 507 g/mol. The number of aliphatic hydroxyl groups is 1. The summed E-state index contributed by atoms with van der Waals surface area (Å²) in [5.41, 5.74) is 0.624. The van der Waals surface area contributed by atoms with Crippen LogP contribution in [0.4, 0.5) is 0 Å². The van der Waals surface area contributed by atoms with Gasteiger partial charge in [-0.2, -0.15) is 0 Å². The molecule has 0 spiro atoms. The Labute approximate surface area is 218 Å². The number of rotatable bonds is 20. The van der Waals surface area contributed by atoms with Crippen LogP contribution in [-0.2, 0) is 18.9 Å². The number of hydrogen-bond acceptors (Lipinski definition) is 7. The van der Waals surface area contributed by atoms with Gasteiger partial charge in [0, 0.05) is 19.2 Å². The predicted molar refractivity (Wildman–Crippen MR) is 142 cm³/mol. The molecule has 1 aromatic carbocycles. The number of esters is 1. The van der Waals surface area contributed by atoms with Crippen LogP contribution >= 0.6 is 0 Å². The van der Waals surface area contributed by atoms with E-state index in [1.165, 1.54) is 51.4 Å². The molecule has 1 saturated heterocycles. The van der Waals surface area contributed by atoms with Crippen molar-refractivity contribution in [3.05, 3.63) is 35.9 Å². The van der Waals surface area contributed by atoms with Gasteiger partial charge in [-0.1, -0.05) is 76.0 Å². The van der Waals surface area contributed by atoms with Crippen LogP contribution in [0.1, 0.15) is 94.3 Å². The lowest BCUT2D eigenvalue weighted by atomic mass is 9.90. The Bertz CT molecular complexity index is 661. The lowest BCUT2D eigenvalue weighted by Crippen LogP contribution is -2.56. The third-order valence-corrected chi connectivity index (χ3v) is 6.86. The Morgan fingerprint density at radius 1 is 0.917 bits per heavy atom. The number of nitrogens with one attached hydrogen (secondary N) is 1. The van der Waals surface area contributed by atoms with Crippen LogP contribution in [-0.4, -0.2) is 69.1 Å². The van der Waals surface area contributed by atoms with E-state index in [4.69, 9.17) is 18.9 Å². The van der Waals surface area contributed by atoms with Crippen LogP contribution in [0.25, 0.3) is 0 Å². The number of benzene rings is 1. The van der Waals surface area contributed by atoms with Gasteiger partial charge in [0.2, 0.25) is 0 Å². The highest BCUT2D eigenvalue weighted by Crippen LogP contribution is 2.21. The predicted octanol–water partition coefficient (Wildman–Crippen LogP) is 5.25. The van der Waals surface area contributed by atoms with Gasteiger partial charge in [0.05, 0.1) is 31.5 Å². The van der Waals surface area contributed by atoms with Gasteiger partial charge >= 0.3 is 5.97 Å². The highest BCUT2D eigenvalue weighted by atomic mass is 16.7. The molecule has 0 radical (unpaired) electrons. The maximum absolute atomic E-state index is 11.9. The minimum absolute atomic E-state index is 0.112. The molecule has 0 bridgehead atoms. The van der Waals surface area contributed by atoms with Crippen molar-refractivity contribution in [2.45, 2.75) is 108 Å². The number of methoxy groups -OCH3 is 1. The van der Waals surface area contributed by atoms with Crippen LogP contribution < -0.4 is 5.32 Å². The van der Waals surface area contributed by atoms with Crippen molar-refractivity contribution in [1.82, 2.24) is 5.32 Å². The topological polar surface area (TPSA) is 86.2 Å². The molecule has 7 heteroatoms. The second kappa shape index (κ2) is 19.6. The Morgan fingerprint density at radius 3 is 2.19 bits per heavy atom. The Balaban J connectivity index is 1.36. The molecule has 206 valence electrons. The lowest BCUT2D eigenvalue weighted by molar-refractivity contribution is -0.150. The van der Waals surface area contributed by atoms with Crippen LogP contribution in [0.3, 0.4) is 0 Å². The van der Waals surface area contributed by atoms with E-state index in [9.17, 15) is 9.90 Å². The summed E-state index contributed by atoms with van der Waals surface area (Å²) in [4.78, 5) is 11.9. The van der Waals surface area contributed by atoms with Gasteiger partial charge in [0.25, 0.3) is 0 Å². The zero-order valence-electron chi connectivity index (χ0n) is 22.5. The van der Waals surface area contributed by atoms with E-state index in [0.717, 1.165) is 25.7 Å². The summed E-state index contributed by atoms with van der Waals surface area (Å²) < 4.78 is 21.4. The summed E-state index contributed by atoms with van der Waals surface area (Å²) in [6, 6.07) is 9.64. The highest BCUT2D eigenvalue weighted by molar-refractivity contribution is 5.89. The number of aliphatic hydroxyl groups excluding tert-OH is 1. The Kier molecular flexibility index (Phi) is 16.7. The van der Waals surface area contributed by atoms with Gasteiger partial charge in [-0.15, -0.1) is 0 Å². The molecule has 0 aliphatic carbocycles. The van der Waals surface area contributed by atoms with E-state index >= 15 is 0 Å². The van der Waals surface area contributed by atoms with E-state index in [1.807, 2.05) is 18.2 Å². The second-order valence-electron chi connectivity index (χ2n) is 9.93. The van der Waals surface area contributed by atoms with E-state index in [2.05, 4.69) is 12.2 Å². The quantitative estimate of drug-likeness (QED) is 0.142. The van der Waals surface area contributed by atoms with Gasteiger partial charge in [0.1, 0.15) is 12.9 Å². The van der Waals surface area contributed by atoms with Gasteiger partial charge < -0.3 is 29.4 Å². The van der Waals surface area contributed by atoms with Gasteiger partial charge in [-0.3, -0.25) is 0 Å². The third kappa shape index (κ3) is 13.2. The van der Waals surface area contributed by atoms with E-state index in [0.29, 0.717) is 31.4 Å². The highest BCUT2D eigenvalue weighted by Gasteiger charge is 2.34. The van der Waals surface area contributed by atoms with Crippen molar-refractivity contribution in [3.8, 4) is 0 Å².